The lowest BCUT2D eigenvalue weighted by Gasteiger charge is -2.28. The smallest absolute Gasteiger partial charge is 0.469 e. The Morgan fingerprint density at radius 1 is 1.03 bits per heavy atom. The summed E-state index contributed by atoms with van der Waals surface area (Å²) in [7, 11) is 0. The van der Waals surface area contributed by atoms with Crippen molar-refractivity contribution in [3.63, 3.8) is 0 Å². The first-order chi connectivity index (χ1) is 15.0. The molecule has 3 aliphatic rings. The number of carbonyl (C=O) groups is 3. The number of aryl methyl sites for hydroxylation is 1. The van der Waals surface area contributed by atoms with Gasteiger partial charge in [-0.1, -0.05) is 29.8 Å². The largest absolute Gasteiger partial charge is 0.506 e. The number of carbonyl (C=O) groups excluding carboxylic acids is 3. The SMILES string of the molecule is Cc1ccc(N2C(=O)C3Oc4ccccc4C3=[N+](CC(=O)N3CCCCC3)C2=O)cc1. The summed E-state index contributed by atoms with van der Waals surface area (Å²) in [6, 6.07) is 13.9. The Balaban J connectivity index is 1.58. The van der Waals surface area contributed by atoms with Gasteiger partial charge in [0.1, 0.15) is 11.4 Å². The van der Waals surface area contributed by atoms with Gasteiger partial charge in [-0.3, -0.25) is 4.79 Å². The predicted octanol–water partition coefficient (Wildman–Crippen LogP) is 2.74. The average molecular weight is 418 g/mol. The number of hydrogen-bond acceptors (Lipinski definition) is 4. The van der Waals surface area contributed by atoms with Crippen molar-refractivity contribution < 1.29 is 23.7 Å². The van der Waals surface area contributed by atoms with Gasteiger partial charge in [-0.25, -0.2) is 4.79 Å². The van der Waals surface area contributed by atoms with E-state index in [2.05, 4.69) is 0 Å². The summed E-state index contributed by atoms with van der Waals surface area (Å²) in [5.74, 6) is -0.00608. The molecule has 1 unspecified atom stereocenters. The number of piperidine rings is 1. The van der Waals surface area contributed by atoms with E-state index >= 15 is 0 Å². The van der Waals surface area contributed by atoms with E-state index in [1.54, 1.807) is 23.1 Å². The van der Waals surface area contributed by atoms with E-state index in [1.165, 1.54) is 4.58 Å². The van der Waals surface area contributed by atoms with Crippen molar-refractivity contribution in [3.05, 3.63) is 59.7 Å². The molecule has 0 aliphatic carbocycles. The normalized spacial score (nSPS) is 20.5. The highest BCUT2D eigenvalue weighted by Crippen LogP contribution is 2.33. The highest BCUT2D eigenvalue weighted by Gasteiger charge is 2.55. The molecule has 1 fully saturated rings. The number of likely N-dealkylation sites (tertiary alicyclic amines) is 1. The maximum atomic E-state index is 13.6. The van der Waals surface area contributed by atoms with Crippen molar-refractivity contribution in [1.82, 2.24) is 4.90 Å². The number of fused-ring (bicyclic) bond motifs is 3. The third kappa shape index (κ3) is 3.30. The van der Waals surface area contributed by atoms with E-state index in [1.807, 2.05) is 37.3 Å². The second-order valence-corrected chi connectivity index (χ2v) is 8.20. The summed E-state index contributed by atoms with van der Waals surface area (Å²) < 4.78 is 7.38. The molecule has 0 saturated carbocycles. The summed E-state index contributed by atoms with van der Waals surface area (Å²) in [6.45, 7) is 3.23. The molecule has 2 aromatic rings. The molecule has 0 N–H and O–H groups in total. The zero-order valence-corrected chi connectivity index (χ0v) is 17.4. The minimum Gasteiger partial charge on any atom is -0.469 e. The summed E-state index contributed by atoms with van der Waals surface area (Å²) in [6.07, 6.45) is 2.10. The van der Waals surface area contributed by atoms with Gasteiger partial charge in [-0.2, -0.15) is 9.37 Å². The lowest BCUT2D eigenvalue weighted by atomic mass is 10.0. The van der Waals surface area contributed by atoms with Crippen molar-refractivity contribution >= 4 is 29.2 Å². The first-order valence-corrected chi connectivity index (χ1v) is 10.7. The highest BCUT2D eigenvalue weighted by atomic mass is 16.5. The van der Waals surface area contributed by atoms with E-state index in [9.17, 15) is 14.4 Å². The molecule has 0 radical (unpaired) electrons. The zero-order chi connectivity index (χ0) is 21.5. The summed E-state index contributed by atoms with van der Waals surface area (Å²) in [4.78, 5) is 42.9. The molecule has 0 bridgehead atoms. The summed E-state index contributed by atoms with van der Waals surface area (Å²) >= 11 is 0. The van der Waals surface area contributed by atoms with Crippen LogP contribution in [0, 0.1) is 6.92 Å². The second kappa shape index (κ2) is 7.65. The topological polar surface area (TPSA) is 69.9 Å². The Morgan fingerprint density at radius 3 is 2.48 bits per heavy atom. The van der Waals surface area contributed by atoms with Gasteiger partial charge in [0.05, 0.1) is 5.56 Å². The Bertz CT molecular complexity index is 1100. The fourth-order valence-corrected chi connectivity index (χ4v) is 4.46. The van der Waals surface area contributed by atoms with Crippen LogP contribution in [0.25, 0.3) is 0 Å². The second-order valence-electron chi connectivity index (χ2n) is 8.20. The molecular formula is C24H24N3O4+. The van der Waals surface area contributed by atoms with Gasteiger partial charge in [-0.15, -0.1) is 4.90 Å². The summed E-state index contributed by atoms with van der Waals surface area (Å²) in [5.41, 5.74) is 2.63. The molecule has 3 heterocycles. The van der Waals surface area contributed by atoms with Gasteiger partial charge >= 0.3 is 11.9 Å². The van der Waals surface area contributed by atoms with Crippen LogP contribution in [-0.2, 0) is 9.59 Å². The van der Waals surface area contributed by atoms with Crippen LogP contribution in [0.4, 0.5) is 10.5 Å². The molecule has 1 atom stereocenters. The van der Waals surface area contributed by atoms with E-state index in [4.69, 9.17) is 4.74 Å². The maximum absolute atomic E-state index is 13.6. The Kier molecular flexibility index (Phi) is 4.81. The predicted molar refractivity (Wildman–Crippen MR) is 115 cm³/mol. The number of hydrogen-bond donors (Lipinski definition) is 0. The van der Waals surface area contributed by atoms with Crippen molar-refractivity contribution in [2.24, 2.45) is 0 Å². The van der Waals surface area contributed by atoms with Crippen molar-refractivity contribution in [1.29, 1.82) is 0 Å². The van der Waals surface area contributed by atoms with Crippen LogP contribution in [0.5, 0.6) is 5.75 Å². The Labute approximate surface area is 180 Å². The minimum absolute atomic E-state index is 0.109. The Morgan fingerprint density at radius 2 is 1.74 bits per heavy atom. The molecule has 7 heteroatoms. The Hall–Kier alpha value is -3.48. The van der Waals surface area contributed by atoms with Crippen LogP contribution in [0.15, 0.2) is 48.5 Å². The van der Waals surface area contributed by atoms with Gasteiger partial charge in [0.2, 0.25) is 0 Å². The number of anilines is 1. The number of ether oxygens (including phenoxy) is 1. The van der Waals surface area contributed by atoms with Gasteiger partial charge in [0, 0.05) is 13.1 Å². The number of benzene rings is 2. The molecule has 1 saturated heterocycles. The minimum atomic E-state index is -0.953. The number of imide groups is 1. The number of urea groups is 1. The van der Waals surface area contributed by atoms with Crippen molar-refractivity contribution in [2.45, 2.75) is 32.3 Å². The average Bonchev–Trinajstić information content (AvgIpc) is 3.18. The molecule has 0 aromatic heterocycles. The van der Waals surface area contributed by atoms with Crippen LogP contribution in [0.2, 0.25) is 0 Å². The quantitative estimate of drug-likeness (QED) is 0.719. The first-order valence-electron chi connectivity index (χ1n) is 10.7. The van der Waals surface area contributed by atoms with E-state index in [0.29, 0.717) is 35.8 Å². The van der Waals surface area contributed by atoms with Crippen molar-refractivity contribution in [3.8, 4) is 5.75 Å². The van der Waals surface area contributed by atoms with E-state index < -0.39 is 18.0 Å². The molecule has 7 nitrogen and oxygen atoms in total. The van der Waals surface area contributed by atoms with E-state index in [0.717, 1.165) is 29.7 Å². The fourth-order valence-electron chi connectivity index (χ4n) is 4.46. The monoisotopic (exact) mass is 418 g/mol. The lowest BCUT2D eigenvalue weighted by molar-refractivity contribution is -0.418. The third-order valence-electron chi connectivity index (χ3n) is 6.11. The van der Waals surface area contributed by atoms with Crippen LogP contribution >= 0.6 is 0 Å². The van der Waals surface area contributed by atoms with Crippen LogP contribution < -0.4 is 9.64 Å². The van der Waals surface area contributed by atoms with E-state index in [-0.39, 0.29) is 12.5 Å². The maximum Gasteiger partial charge on any atom is 0.506 e. The van der Waals surface area contributed by atoms with Crippen LogP contribution in [0.1, 0.15) is 30.4 Å². The van der Waals surface area contributed by atoms with Gasteiger partial charge in [-0.05, 0) is 50.5 Å². The van der Waals surface area contributed by atoms with Crippen molar-refractivity contribution in [2.75, 3.05) is 24.5 Å². The molecule has 2 aromatic carbocycles. The third-order valence-corrected chi connectivity index (χ3v) is 6.11. The number of para-hydroxylation sites is 1. The number of nitrogens with zero attached hydrogens (tertiary/aromatic N) is 3. The lowest BCUT2D eigenvalue weighted by Crippen LogP contribution is -2.59. The number of amides is 4. The first kappa shape index (κ1) is 19.5. The molecule has 4 amide bonds. The summed E-state index contributed by atoms with van der Waals surface area (Å²) in [5, 5.41) is 0. The molecule has 0 spiro atoms. The van der Waals surface area contributed by atoms with Crippen LogP contribution in [-0.4, -0.2) is 58.8 Å². The zero-order valence-electron chi connectivity index (χ0n) is 17.4. The van der Waals surface area contributed by atoms with Crippen LogP contribution in [0.3, 0.4) is 0 Å². The van der Waals surface area contributed by atoms with Gasteiger partial charge in [0.15, 0.2) is 12.3 Å². The van der Waals surface area contributed by atoms with Gasteiger partial charge in [0.25, 0.3) is 12.0 Å². The van der Waals surface area contributed by atoms with Gasteiger partial charge < -0.3 is 9.64 Å². The molecule has 3 aliphatic heterocycles. The number of rotatable bonds is 3. The fraction of sp³-hybridized carbons (Fsp3) is 0.333. The molecule has 5 rings (SSSR count). The molecule has 31 heavy (non-hydrogen) atoms. The highest BCUT2D eigenvalue weighted by molar-refractivity contribution is 6.29. The molecular weight excluding hydrogens is 394 g/mol. The molecule has 158 valence electrons. The standard InChI is InChI=1S/C24H24N3O4/c1-16-9-11-17(12-10-16)27-23(29)22-21(18-7-3-4-8-19(18)31-22)26(24(27)30)15-20(28)25-13-5-2-6-14-25/h3-4,7-12,22H,2,5-6,13-15H2,1H3/q+1.